The van der Waals surface area contributed by atoms with Gasteiger partial charge in [-0.2, -0.15) is 0 Å². The van der Waals surface area contributed by atoms with Crippen LogP contribution in [0.5, 0.6) is 0 Å². The van der Waals surface area contributed by atoms with E-state index in [4.69, 9.17) is 0 Å². The van der Waals surface area contributed by atoms with Gasteiger partial charge >= 0.3 is 466 Å². The topological polar surface area (TPSA) is 0 Å². The Bertz CT molecular complexity index is 4170. The summed E-state index contributed by atoms with van der Waals surface area (Å²) in [6.45, 7) is 2.52. The number of aryl methyl sites for hydroxylation is 2. The molecule has 374 valence electrons. The normalized spacial score (nSPS) is 15.2. The summed E-state index contributed by atoms with van der Waals surface area (Å²) in [5, 5.41) is 10.3. The number of allylic oxidation sites excluding steroid dienone is 2. The second-order valence-electron chi connectivity index (χ2n) is 23.3. The van der Waals surface area contributed by atoms with E-state index >= 15 is 0 Å². The first-order chi connectivity index (χ1) is 38.3. The van der Waals surface area contributed by atoms with Crippen molar-refractivity contribution in [1.29, 1.82) is 0 Å². The number of hydrogen-bond acceptors (Lipinski definition) is 0. The van der Waals surface area contributed by atoms with Crippen molar-refractivity contribution in [3.05, 3.63) is 299 Å². The molecule has 2 atom stereocenters. The van der Waals surface area contributed by atoms with Gasteiger partial charge < -0.3 is 0 Å². The van der Waals surface area contributed by atoms with E-state index in [1.54, 1.807) is 22.3 Å². The second kappa shape index (κ2) is 19.6. The van der Waals surface area contributed by atoms with Crippen LogP contribution in [0, 0.1) is 0 Å². The molecule has 2 unspecified atom stereocenters. The average Bonchev–Trinajstić information content (AvgIpc) is 4.28. The summed E-state index contributed by atoms with van der Waals surface area (Å²) < 4.78 is 6.23. The Kier molecular flexibility index (Phi) is 12.2. The van der Waals surface area contributed by atoms with Crippen molar-refractivity contribution in [2.24, 2.45) is 0 Å². The molecule has 2 aliphatic rings. The van der Waals surface area contributed by atoms with Crippen LogP contribution >= 0.6 is 0 Å². The molecule has 0 spiro atoms. The van der Waals surface area contributed by atoms with Crippen LogP contribution < -0.4 is 0 Å². The van der Waals surface area contributed by atoms with Gasteiger partial charge in [-0.1, -0.05) is 0 Å². The fraction of sp³-hybridized carbons (Fsp3) is 0.105. The van der Waals surface area contributed by atoms with Crippen LogP contribution in [-0.4, -0.2) is 6.88 Å². The van der Waals surface area contributed by atoms with Crippen molar-refractivity contribution >= 4 is 62.1 Å². The van der Waals surface area contributed by atoms with Crippen LogP contribution in [0.4, 0.5) is 0 Å². The Hall–Kier alpha value is -7.74. The van der Waals surface area contributed by atoms with E-state index < -0.39 is 17.4 Å². The fourth-order valence-corrected chi connectivity index (χ4v) is 34.2. The number of benzene rings is 12. The molecule has 0 heterocycles. The van der Waals surface area contributed by atoms with Crippen molar-refractivity contribution < 1.29 is 17.4 Å². The zero-order valence-corrected chi connectivity index (χ0v) is 48.5. The Morgan fingerprint density at radius 2 is 0.564 bits per heavy atom. The van der Waals surface area contributed by atoms with Gasteiger partial charge in [0, 0.05) is 0 Å². The Balaban J connectivity index is 1.08. The van der Waals surface area contributed by atoms with Gasteiger partial charge in [-0.3, -0.25) is 0 Å². The van der Waals surface area contributed by atoms with Crippen LogP contribution in [0.1, 0.15) is 53.5 Å². The van der Waals surface area contributed by atoms with Crippen LogP contribution in [0.2, 0.25) is 9.26 Å². The van der Waals surface area contributed by atoms with Crippen molar-refractivity contribution in [2.45, 2.75) is 42.2 Å². The van der Waals surface area contributed by atoms with Gasteiger partial charge in [0.1, 0.15) is 0 Å². The summed E-state index contributed by atoms with van der Waals surface area (Å²) in [5.41, 5.74) is 22.6. The first kappa shape index (κ1) is 48.6. The van der Waals surface area contributed by atoms with E-state index in [0.717, 1.165) is 25.7 Å². The molecule has 2 heteroatoms. The molecule has 0 amide bonds. The molecule has 78 heavy (non-hydrogen) atoms. The molecule has 14 rings (SSSR count). The predicted octanol–water partition coefficient (Wildman–Crippen LogP) is 20.1. The van der Waals surface area contributed by atoms with Gasteiger partial charge in [0.25, 0.3) is 0 Å². The number of fused-ring (bicyclic) bond motifs is 6. The maximum atomic E-state index is 2.89. The average molecular weight is 1090 g/mol. The number of rotatable bonds is 12. The second-order valence-corrected chi connectivity index (χ2v) is 53.8. The molecule has 0 aliphatic heterocycles. The van der Waals surface area contributed by atoms with Gasteiger partial charge in [0.2, 0.25) is 0 Å². The molecule has 12 aromatic rings. The van der Waals surface area contributed by atoms with Crippen LogP contribution in [0.25, 0.3) is 99.7 Å². The van der Waals surface area contributed by atoms with Crippen LogP contribution in [0.3, 0.4) is 0 Å². The van der Waals surface area contributed by atoms with Gasteiger partial charge in [0.05, 0.1) is 0 Å². The Morgan fingerprint density at radius 3 is 0.910 bits per heavy atom. The summed E-state index contributed by atoms with van der Waals surface area (Å²) >= 11 is -4.63. The molecule has 0 saturated carbocycles. The summed E-state index contributed by atoms with van der Waals surface area (Å²) in [5.74, 6) is 0. The van der Waals surface area contributed by atoms with E-state index in [-0.39, 0.29) is 7.25 Å². The molecular formula is C76H62SiZr. The molecule has 0 bridgehead atoms. The van der Waals surface area contributed by atoms with Gasteiger partial charge in [0.15, 0.2) is 0 Å². The number of hydrogen-bond donors (Lipinski definition) is 0. The van der Waals surface area contributed by atoms with Crippen LogP contribution in [0.15, 0.2) is 266 Å². The third-order valence-electron chi connectivity index (χ3n) is 17.9. The summed E-state index contributed by atoms with van der Waals surface area (Å²) in [6.07, 6.45) is 9.42. The maximum absolute atomic E-state index is 4.63. The van der Waals surface area contributed by atoms with E-state index in [0.29, 0.717) is 0 Å². The molecule has 0 radical (unpaired) electrons. The molecule has 0 N–H and O–H groups in total. The predicted molar refractivity (Wildman–Crippen MR) is 336 cm³/mol. The molecule has 0 saturated heterocycles. The minimum atomic E-state index is -4.63. The molecule has 2 aliphatic carbocycles. The monoisotopic (exact) mass is 1090 g/mol. The molecule has 0 aromatic heterocycles. The molecule has 12 aromatic carbocycles. The summed E-state index contributed by atoms with van der Waals surface area (Å²) in [6, 6.07) is 96.4. The standard InChI is InChI=1S/2C37H27.2CH3.H2Si.Zr/c2*1-2-10-26(11-3-1)20-21-27-24-36-34(32-18-8-14-28-12-4-6-16-30(28)32)22-23-35(37(36)25-27)33-19-9-15-29-13-5-7-17-31(29)33;;;;/h2*1-19,22-25H,20-21H2;2*1H3;1H2;. The van der Waals surface area contributed by atoms with Gasteiger partial charge in [-0.25, -0.2) is 0 Å². The van der Waals surface area contributed by atoms with Crippen LogP contribution in [-0.2, 0) is 30.2 Å². The van der Waals surface area contributed by atoms with Gasteiger partial charge in [-0.15, -0.1) is 0 Å². The zero-order chi connectivity index (χ0) is 52.4. The van der Waals surface area contributed by atoms with Crippen molar-refractivity contribution in [2.75, 3.05) is 0 Å². The summed E-state index contributed by atoms with van der Waals surface area (Å²) in [4.78, 5) is 0. The third-order valence-corrected chi connectivity index (χ3v) is 35.3. The van der Waals surface area contributed by atoms with E-state index in [2.05, 4.69) is 283 Å². The Labute approximate surface area is 462 Å². The van der Waals surface area contributed by atoms with E-state index in [1.807, 2.05) is 0 Å². The molecular weight excluding hydrogens is 1030 g/mol. The molecule has 0 fully saturated rings. The van der Waals surface area contributed by atoms with E-state index in [1.165, 1.54) is 110 Å². The first-order valence-electron chi connectivity index (χ1n) is 28.1. The first-order valence-corrected chi connectivity index (χ1v) is 41.8. The minimum absolute atomic E-state index is 0.227. The van der Waals surface area contributed by atoms with Gasteiger partial charge in [-0.05, 0) is 0 Å². The fourth-order valence-electron chi connectivity index (χ4n) is 14.5. The quantitative estimate of drug-likeness (QED) is 0.107. The van der Waals surface area contributed by atoms with E-state index in [9.17, 15) is 0 Å². The van der Waals surface area contributed by atoms with Crippen molar-refractivity contribution in [1.82, 2.24) is 0 Å². The summed E-state index contributed by atoms with van der Waals surface area (Å²) in [7, 11) is 0. The molecule has 0 nitrogen and oxygen atoms in total. The zero-order valence-electron chi connectivity index (χ0n) is 44.6. The van der Waals surface area contributed by atoms with Crippen molar-refractivity contribution in [3.63, 3.8) is 0 Å². The SMILES string of the molecule is [CH3][Zr]([CH3])(=[SiH2])([CH]1C(CCc2ccccc2)=Cc2c(-c3cccc4ccccc34)ccc(-c3cccc4ccccc34)c21)[CH]1C(CCc2ccccc2)=Cc2c(-c3cccc4ccccc34)ccc(-c3cccc4ccccc34)c21. The third kappa shape index (κ3) is 8.35. The Morgan fingerprint density at radius 1 is 0.282 bits per heavy atom. The van der Waals surface area contributed by atoms with Crippen molar-refractivity contribution in [3.8, 4) is 44.5 Å².